The highest BCUT2D eigenvalue weighted by Crippen LogP contribution is 2.56. The Labute approximate surface area is 180 Å². The predicted molar refractivity (Wildman–Crippen MR) is 121 cm³/mol. The molecule has 0 spiro atoms. The molecule has 1 aliphatic rings. The van der Waals surface area contributed by atoms with Gasteiger partial charge in [0.05, 0.1) is 15.6 Å². The molecule has 2 N–H and O–H groups in total. The molecule has 0 unspecified atom stereocenters. The highest BCUT2D eigenvalue weighted by Gasteiger charge is 2.58. The number of nitrogens with zero attached hydrogens (tertiary/aromatic N) is 1. The van der Waals surface area contributed by atoms with Crippen LogP contribution >= 0.6 is 11.3 Å². The van der Waals surface area contributed by atoms with Crippen LogP contribution in [0.5, 0.6) is 0 Å². The van der Waals surface area contributed by atoms with Crippen molar-refractivity contribution < 1.29 is 14.7 Å². The van der Waals surface area contributed by atoms with Gasteiger partial charge in [-0.3, -0.25) is 9.59 Å². The Hall–Kier alpha value is -2.73. The fourth-order valence-corrected chi connectivity index (χ4v) is 5.49. The fourth-order valence-electron chi connectivity index (χ4n) is 4.42. The number of hydrogen-bond donors (Lipinski definition) is 2. The number of fused-ring (bicyclic) bond motifs is 1. The van der Waals surface area contributed by atoms with Crippen molar-refractivity contribution in [2.75, 3.05) is 5.32 Å². The van der Waals surface area contributed by atoms with Crippen molar-refractivity contribution in [1.82, 2.24) is 4.98 Å². The first kappa shape index (κ1) is 20.5. The molecule has 6 heteroatoms. The molecular formula is C24H26N2O3S. The van der Waals surface area contributed by atoms with E-state index in [1.807, 2.05) is 44.2 Å². The zero-order chi connectivity index (χ0) is 21.7. The molecule has 2 aromatic carbocycles. The summed E-state index contributed by atoms with van der Waals surface area (Å²) in [4.78, 5) is 29.4. The number of benzene rings is 2. The molecule has 0 aliphatic heterocycles. The Kier molecular flexibility index (Phi) is 4.93. The average Bonchev–Trinajstić information content (AvgIpc) is 3.21. The smallest absolute Gasteiger partial charge is 0.309 e. The standard InChI is InChI=1S/C24H26N2O3S/c1-14-5-10-18-19(13-14)30-21(26-18)15-6-8-16(9-7-15)25-20(27)17-11-12-24(4,22(28)29)23(17,2)3/h5-10,13,17H,11-12H2,1-4H3,(H,25,27)(H,28,29)/t17-,24-/m1/s1. The lowest BCUT2D eigenvalue weighted by molar-refractivity contribution is -0.154. The van der Waals surface area contributed by atoms with E-state index in [0.29, 0.717) is 18.5 Å². The summed E-state index contributed by atoms with van der Waals surface area (Å²) >= 11 is 1.65. The number of thiazole rings is 1. The molecule has 1 saturated carbocycles. The lowest BCUT2D eigenvalue weighted by Gasteiger charge is -2.37. The second kappa shape index (κ2) is 7.20. The van der Waals surface area contributed by atoms with Gasteiger partial charge in [-0.15, -0.1) is 11.3 Å². The van der Waals surface area contributed by atoms with Gasteiger partial charge in [0, 0.05) is 17.2 Å². The maximum absolute atomic E-state index is 12.9. The molecule has 1 fully saturated rings. The molecule has 0 bridgehead atoms. The largest absolute Gasteiger partial charge is 0.481 e. The quantitative estimate of drug-likeness (QED) is 0.562. The van der Waals surface area contributed by atoms with Crippen LogP contribution in [0.2, 0.25) is 0 Å². The molecule has 2 atom stereocenters. The maximum atomic E-state index is 12.9. The van der Waals surface area contributed by atoms with Gasteiger partial charge < -0.3 is 10.4 Å². The summed E-state index contributed by atoms with van der Waals surface area (Å²) in [5.74, 6) is -1.29. The molecule has 5 nitrogen and oxygen atoms in total. The Morgan fingerprint density at radius 1 is 1.13 bits per heavy atom. The number of carboxylic acid groups (broad SMARTS) is 1. The third-order valence-electron chi connectivity index (χ3n) is 6.96. The van der Waals surface area contributed by atoms with E-state index in [0.717, 1.165) is 20.8 Å². The first-order valence-corrected chi connectivity index (χ1v) is 11.0. The van der Waals surface area contributed by atoms with Gasteiger partial charge in [0.1, 0.15) is 5.01 Å². The molecule has 3 aromatic rings. The van der Waals surface area contributed by atoms with Crippen molar-refractivity contribution in [3.63, 3.8) is 0 Å². The van der Waals surface area contributed by atoms with Crippen LogP contribution in [-0.4, -0.2) is 22.0 Å². The summed E-state index contributed by atoms with van der Waals surface area (Å²) in [6.07, 6.45) is 1.08. The normalized spacial score (nSPS) is 22.9. The van der Waals surface area contributed by atoms with Gasteiger partial charge >= 0.3 is 5.97 Å². The van der Waals surface area contributed by atoms with Gasteiger partial charge in [-0.25, -0.2) is 4.98 Å². The summed E-state index contributed by atoms with van der Waals surface area (Å²) in [7, 11) is 0. The van der Waals surface area contributed by atoms with Crippen LogP contribution in [0.25, 0.3) is 20.8 Å². The van der Waals surface area contributed by atoms with E-state index in [1.165, 1.54) is 5.56 Å². The Morgan fingerprint density at radius 3 is 2.47 bits per heavy atom. The van der Waals surface area contributed by atoms with Crippen molar-refractivity contribution in [3.05, 3.63) is 48.0 Å². The van der Waals surface area contributed by atoms with E-state index in [1.54, 1.807) is 18.3 Å². The van der Waals surface area contributed by atoms with Crippen LogP contribution in [0.4, 0.5) is 5.69 Å². The third-order valence-corrected chi connectivity index (χ3v) is 8.03. The number of amides is 1. The second-order valence-corrected chi connectivity index (χ2v) is 10.0. The summed E-state index contributed by atoms with van der Waals surface area (Å²) < 4.78 is 1.16. The number of aromatic nitrogens is 1. The number of carbonyl (C=O) groups excluding carboxylic acids is 1. The SMILES string of the molecule is Cc1ccc2nc(-c3ccc(NC(=O)[C@H]4CC[C@](C)(C(=O)O)C4(C)C)cc3)sc2c1. The summed E-state index contributed by atoms with van der Waals surface area (Å²) in [6, 6.07) is 13.9. The van der Waals surface area contributed by atoms with Gasteiger partial charge in [-0.05, 0) is 74.1 Å². The van der Waals surface area contributed by atoms with Gasteiger partial charge in [-0.1, -0.05) is 19.9 Å². The number of nitrogens with one attached hydrogen (secondary N) is 1. The Morgan fingerprint density at radius 2 is 1.83 bits per heavy atom. The molecular weight excluding hydrogens is 396 g/mol. The fraction of sp³-hybridized carbons (Fsp3) is 0.375. The number of aryl methyl sites for hydroxylation is 1. The zero-order valence-corrected chi connectivity index (χ0v) is 18.5. The van der Waals surface area contributed by atoms with Crippen molar-refractivity contribution in [2.45, 2.75) is 40.5 Å². The molecule has 0 saturated heterocycles. The molecule has 0 radical (unpaired) electrons. The van der Waals surface area contributed by atoms with E-state index in [4.69, 9.17) is 4.98 Å². The number of hydrogen-bond acceptors (Lipinski definition) is 4. The molecule has 1 aliphatic carbocycles. The van der Waals surface area contributed by atoms with Crippen molar-refractivity contribution in [1.29, 1.82) is 0 Å². The van der Waals surface area contributed by atoms with Crippen LogP contribution in [0.15, 0.2) is 42.5 Å². The van der Waals surface area contributed by atoms with Crippen LogP contribution < -0.4 is 5.32 Å². The number of rotatable bonds is 4. The molecule has 1 amide bonds. The highest BCUT2D eigenvalue weighted by atomic mass is 32.1. The van der Waals surface area contributed by atoms with Gasteiger partial charge in [0.25, 0.3) is 0 Å². The van der Waals surface area contributed by atoms with Gasteiger partial charge in [0.2, 0.25) is 5.91 Å². The van der Waals surface area contributed by atoms with E-state index < -0.39 is 16.8 Å². The molecule has 4 rings (SSSR count). The van der Waals surface area contributed by atoms with Crippen LogP contribution in [-0.2, 0) is 9.59 Å². The van der Waals surface area contributed by atoms with Crippen LogP contribution in [0.1, 0.15) is 39.2 Å². The highest BCUT2D eigenvalue weighted by molar-refractivity contribution is 7.21. The monoisotopic (exact) mass is 422 g/mol. The third kappa shape index (κ3) is 3.29. The summed E-state index contributed by atoms with van der Waals surface area (Å²) in [5, 5.41) is 13.6. The van der Waals surface area contributed by atoms with E-state index in [2.05, 4.69) is 24.4 Å². The minimum absolute atomic E-state index is 0.117. The van der Waals surface area contributed by atoms with Crippen molar-refractivity contribution >= 4 is 39.1 Å². The minimum atomic E-state index is -0.899. The van der Waals surface area contributed by atoms with Gasteiger partial charge in [-0.2, -0.15) is 0 Å². The molecule has 1 heterocycles. The Bertz CT molecular complexity index is 1130. The second-order valence-electron chi connectivity index (χ2n) is 9.01. The van der Waals surface area contributed by atoms with Crippen molar-refractivity contribution in [2.24, 2.45) is 16.7 Å². The van der Waals surface area contributed by atoms with Crippen LogP contribution in [0, 0.1) is 23.7 Å². The lowest BCUT2D eigenvalue weighted by Crippen LogP contribution is -2.43. The molecule has 1 aromatic heterocycles. The number of aliphatic carboxylic acids is 1. The topological polar surface area (TPSA) is 79.3 Å². The number of carbonyl (C=O) groups is 2. The average molecular weight is 423 g/mol. The number of carboxylic acids is 1. The predicted octanol–water partition coefficient (Wildman–Crippen LogP) is 5.74. The minimum Gasteiger partial charge on any atom is -0.481 e. The molecule has 156 valence electrons. The van der Waals surface area contributed by atoms with E-state index in [-0.39, 0.29) is 11.8 Å². The lowest BCUT2D eigenvalue weighted by atomic mass is 9.65. The number of anilines is 1. The first-order chi connectivity index (χ1) is 14.1. The Balaban J connectivity index is 1.51. The van der Waals surface area contributed by atoms with E-state index >= 15 is 0 Å². The van der Waals surface area contributed by atoms with Gasteiger partial charge in [0.15, 0.2) is 0 Å². The maximum Gasteiger partial charge on any atom is 0.309 e. The first-order valence-electron chi connectivity index (χ1n) is 10.1. The van der Waals surface area contributed by atoms with E-state index in [9.17, 15) is 14.7 Å². The zero-order valence-electron chi connectivity index (χ0n) is 17.7. The van der Waals surface area contributed by atoms with Crippen molar-refractivity contribution in [3.8, 4) is 10.6 Å². The summed E-state index contributed by atoms with van der Waals surface area (Å²) in [6.45, 7) is 7.59. The molecule has 30 heavy (non-hydrogen) atoms. The summed E-state index contributed by atoms with van der Waals surface area (Å²) in [5.41, 5.74) is 2.39. The van der Waals surface area contributed by atoms with Crippen LogP contribution in [0.3, 0.4) is 0 Å².